The van der Waals surface area contributed by atoms with Crippen molar-refractivity contribution in [1.82, 2.24) is 14.5 Å². The molecule has 0 bridgehead atoms. The minimum atomic E-state index is -0.368. The van der Waals surface area contributed by atoms with Gasteiger partial charge in [-0.2, -0.15) is 0 Å². The van der Waals surface area contributed by atoms with Crippen molar-refractivity contribution >= 4 is 17.4 Å². The minimum absolute atomic E-state index is 0.164. The van der Waals surface area contributed by atoms with Gasteiger partial charge in [0, 0.05) is 30.4 Å². The Kier molecular flexibility index (Phi) is 6.35. The van der Waals surface area contributed by atoms with E-state index in [1.165, 1.54) is 23.5 Å². The third-order valence-electron chi connectivity index (χ3n) is 6.41. The normalized spacial score (nSPS) is 21.0. The summed E-state index contributed by atoms with van der Waals surface area (Å²) < 4.78 is 7.29. The second-order valence-corrected chi connectivity index (χ2v) is 9.08. The van der Waals surface area contributed by atoms with Gasteiger partial charge >= 0.3 is 0 Å². The zero-order chi connectivity index (χ0) is 22.8. The van der Waals surface area contributed by atoms with Crippen LogP contribution in [0.4, 0.5) is 5.82 Å². The lowest BCUT2D eigenvalue weighted by Crippen LogP contribution is -2.41. The van der Waals surface area contributed by atoms with E-state index >= 15 is 0 Å². The summed E-state index contributed by atoms with van der Waals surface area (Å²) in [5.41, 5.74) is 1.47. The number of pyridine rings is 2. The molecule has 0 aliphatic carbocycles. The quantitative estimate of drug-likeness (QED) is 0.602. The third-order valence-corrected chi connectivity index (χ3v) is 6.66. The summed E-state index contributed by atoms with van der Waals surface area (Å²) in [6, 6.07) is 14.6. The summed E-state index contributed by atoms with van der Waals surface area (Å²) in [5.74, 6) is 1.32. The van der Waals surface area contributed by atoms with E-state index in [1.807, 2.05) is 36.4 Å². The highest BCUT2D eigenvalue weighted by molar-refractivity contribution is 6.30. The Morgan fingerprint density at radius 3 is 2.55 bits per heavy atom. The zero-order valence-corrected chi connectivity index (χ0v) is 19.1. The number of likely N-dealkylation sites (tertiary alicyclic amines) is 1. The molecule has 0 saturated carbocycles. The van der Waals surface area contributed by atoms with E-state index in [4.69, 9.17) is 16.3 Å². The Labute approximate surface area is 197 Å². The van der Waals surface area contributed by atoms with Crippen molar-refractivity contribution in [2.24, 2.45) is 0 Å². The molecule has 5 rings (SSSR count). The van der Waals surface area contributed by atoms with Crippen LogP contribution in [0, 0.1) is 0 Å². The molecule has 8 heteroatoms. The first-order chi connectivity index (χ1) is 16.1. The van der Waals surface area contributed by atoms with Gasteiger partial charge in [-0.3, -0.25) is 14.3 Å². The van der Waals surface area contributed by atoms with Gasteiger partial charge < -0.3 is 14.7 Å². The molecule has 3 aromatic rings. The molecule has 0 unspecified atom stereocenters. The summed E-state index contributed by atoms with van der Waals surface area (Å²) in [7, 11) is 0. The van der Waals surface area contributed by atoms with Gasteiger partial charge in [-0.25, -0.2) is 4.98 Å². The average Bonchev–Trinajstić information content (AvgIpc) is 3.49. The Hall–Kier alpha value is -2.87. The molecule has 172 valence electrons. The molecular weight excluding hydrogens is 440 g/mol. The van der Waals surface area contributed by atoms with Crippen molar-refractivity contribution in [3.05, 3.63) is 81.9 Å². The molecule has 2 aliphatic heterocycles. The molecule has 2 fully saturated rings. The molecule has 2 aliphatic rings. The first-order valence-corrected chi connectivity index (χ1v) is 11.7. The van der Waals surface area contributed by atoms with Crippen LogP contribution in [-0.4, -0.2) is 57.9 Å². The van der Waals surface area contributed by atoms with E-state index in [2.05, 4.69) is 14.8 Å². The smallest absolute Gasteiger partial charge is 0.258 e. The van der Waals surface area contributed by atoms with Crippen LogP contribution in [0.25, 0.3) is 5.69 Å². The van der Waals surface area contributed by atoms with Crippen LogP contribution in [-0.2, 0) is 6.61 Å². The summed E-state index contributed by atoms with van der Waals surface area (Å²) in [5, 5.41) is 11.2. The maximum absolute atomic E-state index is 12.7. The molecule has 7 nitrogen and oxygen atoms in total. The molecule has 0 spiro atoms. The van der Waals surface area contributed by atoms with Crippen LogP contribution in [0.5, 0.6) is 5.75 Å². The van der Waals surface area contributed by atoms with E-state index in [1.54, 1.807) is 18.5 Å². The SMILES string of the molecule is O=c1cc(OCc2ccc(Cl)cc2)ccn1-c1ccc(N2C[C@H](O)[C@@H](N3CCCC3)C2)nc1. The molecule has 4 heterocycles. The van der Waals surface area contributed by atoms with Crippen molar-refractivity contribution in [3.63, 3.8) is 0 Å². The molecule has 1 N–H and O–H groups in total. The van der Waals surface area contributed by atoms with Gasteiger partial charge in [-0.15, -0.1) is 0 Å². The number of halogens is 1. The summed E-state index contributed by atoms with van der Waals surface area (Å²) in [6.07, 6.45) is 5.43. The largest absolute Gasteiger partial charge is 0.489 e. The van der Waals surface area contributed by atoms with Crippen LogP contribution < -0.4 is 15.2 Å². The number of aliphatic hydroxyl groups excluding tert-OH is 1. The van der Waals surface area contributed by atoms with Crippen LogP contribution in [0.1, 0.15) is 18.4 Å². The first-order valence-electron chi connectivity index (χ1n) is 11.3. The standard InChI is InChI=1S/C25H27ClN4O3/c26-19-5-3-18(4-6-19)17-33-21-9-12-30(25(32)13-21)20-7-8-24(27-14-20)29-15-22(23(31)16-29)28-10-1-2-11-28/h3-9,12-14,22-23,31H,1-2,10-11,15-17H2/t22-,23-/m0/s1. The van der Waals surface area contributed by atoms with E-state index in [0.29, 0.717) is 29.6 Å². The van der Waals surface area contributed by atoms with Crippen molar-refractivity contribution in [1.29, 1.82) is 0 Å². The molecule has 2 atom stereocenters. The van der Waals surface area contributed by atoms with Crippen molar-refractivity contribution in [2.75, 3.05) is 31.1 Å². The van der Waals surface area contributed by atoms with Crippen LogP contribution in [0.2, 0.25) is 5.02 Å². The highest BCUT2D eigenvalue weighted by Crippen LogP contribution is 2.25. The Bertz CT molecular complexity index is 1140. The maximum atomic E-state index is 12.7. The van der Waals surface area contributed by atoms with E-state index < -0.39 is 0 Å². The molecule has 1 aromatic carbocycles. The number of aromatic nitrogens is 2. The van der Waals surface area contributed by atoms with Gasteiger partial charge in [-0.05, 0) is 61.8 Å². The Balaban J connectivity index is 1.24. The zero-order valence-electron chi connectivity index (χ0n) is 18.3. The Morgan fingerprint density at radius 1 is 1.06 bits per heavy atom. The van der Waals surface area contributed by atoms with Gasteiger partial charge in [0.2, 0.25) is 0 Å². The van der Waals surface area contributed by atoms with E-state index in [0.717, 1.165) is 31.0 Å². The maximum Gasteiger partial charge on any atom is 0.258 e. The summed E-state index contributed by atoms with van der Waals surface area (Å²) in [4.78, 5) is 21.7. The van der Waals surface area contributed by atoms with E-state index in [-0.39, 0.29) is 17.7 Å². The number of rotatable bonds is 6. The fraction of sp³-hybridized carbons (Fsp3) is 0.360. The molecule has 33 heavy (non-hydrogen) atoms. The minimum Gasteiger partial charge on any atom is -0.489 e. The predicted molar refractivity (Wildman–Crippen MR) is 128 cm³/mol. The second kappa shape index (κ2) is 9.55. The third kappa shape index (κ3) is 4.90. The van der Waals surface area contributed by atoms with Crippen molar-refractivity contribution in [3.8, 4) is 11.4 Å². The molecule has 2 saturated heterocycles. The topological polar surface area (TPSA) is 70.8 Å². The first kappa shape index (κ1) is 21.9. The number of hydrogen-bond donors (Lipinski definition) is 1. The highest BCUT2D eigenvalue weighted by Gasteiger charge is 2.36. The number of ether oxygens (including phenoxy) is 1. The fourth-order valence-electron chi connectivity index (χ4n) is 4.61. The number of aliphatic hydroxyl groups is 1. The number of β-amino-alcohol motifs (C(OH)–C–C–N with tert-alkyl or cyclic N) is 1. The molecule has 0 radical (unpaired) electrons. The van der Waals surface area contributed by atoms with Crippen LogP contribution >= 0.6 is 11.6 Å². The number of benzene rings is 1. The van der Waals surface area contributed by atoms with Gasteiger partial charge in [0.15, 0.2) is 0 Å². The number of hydrogen-bond acceptors (Lipinski definition) is 6. The van der Waals surface area contributed by atoms with Gasteiger partial charge in [0.05, 0.1) is 24.0 Å². The van der Waals surface area contributed by atoms with Crippen LogP contribution in [0.15, 0.2) is 65.7 Å². The average molecular weight is 467 g/mol. The van der Waals surface area contributed by atoms with Gasteiger partial charge in [0.25, 0.3) is 5.56 Å². The lowest BCUT2D eigenvalue weighted by Gasteiger charge is -2.25. The second-order valence-electron chi connectivity index (χ2n) is 8.64. The summed E-state index contributed by atoms with van der Waals surface area (Å²) in [6.45, 7) is 3.83. The van der Waals surface area contributed by atoms with Crippen molar-refractivity contribution < 1.29 is 9.84 Å². The molecular formula is C25H27ClN4O3. The van der Waals surface area contributed by atoms with Gasteiger partial charge in [0.1, 0.15) is 18.2 Å². The van der Waals surface area contributed by atoms with Crippen LogP contribution in [0.3, 0.4) is 0 Å². The van der Waals surface area contributed by atoms with E-state index in [9.17, 15) is 9.90 Å². The monoisotopic (exact) mass is 466 g/mol. The lowest BCUT2D eigenvalue weighted by atomic mass is 10.2. The predicted octanol–water partition coefficient (Wildman–Crippen LogP) is 3.11. The highest BCUT2D eigenvalue weighted by atomic mass is 35.5. The van der Waals surface area contributed by atoms with Gasteiger partial charge in [-0.1, -0.05) is 23.7 Å². The molecule has 2 aromatic heterocycles. The lowest BCUT2D eigenvalue weighted by molar-refractivity contribution is 0.0986. The van der Waals surface area contributed by atoms with Crippen molar-refractivity contribution in [2.45, 2.75) is 31.6 Å². The fourth-order valence-corrected chi connectivity index (χ4v) is 4.73. The molecule has 0 amide bonds. The number of nitrogens with zero attached hydrogens (tertiary/aromatic N) is 4. The summed E-state index contributed by atoms with van der Waals surface area (Å²) >= 11 is 5.91. The number of anilines is 1. The Morgan fingerprint density at radius 2 is 1.85 bits per heavy atom.